The van der Waals surface area contributed by atoms with Crippen LogP contribution < -0.4 is 0 Å². The molecule has 3 fully saturated rings. The van der Waals surface area contributed by atoms with Crippen molar-refractivity contribution in [3.8, 4) is 34.6 Å². The molecule has 4 heterocycles. The van der Waals surface area contributed by atoms with E-state index in [9.17, 15) is 20.1 Å². The number of piperidine rings is 1. The van der Waals surface area contributed by atoms with Gasteiger partial charge < -0.3 is 34.8 Å². The first-order valence-electron chi connectivity index (χ1n) is 17.0. The molecule has 3 saturated heterocycles. The number of nitrogens with zero attached hydrogens (tertiary/aromatic N) is 7. The Kier molecular flexibility index (Phi) is 10.3. The number of phenolic OH excluding ortho intramolecular Hbond substituents is 2. The third kappa shape index (κ3) is 7.89. The molecule has 1 unspecified atom stereocenters. The molecule has 3 aromatic rings. The molecule has 47 heavy (non-hydrogen) atoms. The summed E-state index contributed by atoms with van der Waals surface area (Å²) in [6.45, 7) is 13.7. The summed E-state index contributed by atoms with van der Waals surface area (Å²) < 4.78 is 7.38. The zero-order valence-corrected chi connectivity index (χ0v) is 27.9. The molecular formula is C35H49N7O5. The van der Waals surface area contributed by atoms with Gasteiger partial charge in [-0.05, 0) is 67.5 Å². The summed E-state index contributed by atoms with van der Waals surface area (Å²) in [6, 6.07) is 10.7. The maximum Gasteiger partial charge on any atom is 0.319 e. The van der Waals surface area contributed by atoms with E-state index in [0.29, 0.717) is 28.6 Å². The number of hydrogen-bond acceptors (Lipinski definition) is 10. The summed E-state index contributed by atoms with van der Waals surface area (Å²) in [5.74, 6) is 0.974. The van der Waals surface area contributed by atoms with Crippen LogP contribution in [0, 0.1) is 5.92 Å². The number of carbonyl (C=O) groups excluding carboxylic acids is 1. The predicted octanol–water partition coefficient (Wildman–Crippen LogP) is 3.25. The van der Waals surface area contributed by atoms with Crippen molar-refractivity contribution in [3.63, 3.8) is 0 Å². The van der Waals surface area contributed by atoms with E-state index >= 15 is 0 Å². The van der Waals surface area contributed by atoms with Crippen LogP contribution in [0.1, 0.15) is 50.2 Å². The summed E-state index contributed by atoms with van der Waals surface area (Å²) in [5.41, 5.74) is 2.91. The van der Waals surface area contributed by atoms with Gasteiger partial charge in [-0.15, -0.1) is 5.10 Å². The Morgan fingerprint density at radius 2 is 1.60 bits per heavy atom. The molecule has 1 atom stereocenters. The molecule has 3 aliphatic heterocycles. The van der Waals surface area contributed by atoms with Crippen LogP contribution in [0.25, 0.3) is 17.1 Å². The van der Waals surface area contributed by atoms with Crippen LogP contribution in [-0.2, 0) is 16.1 Å². The fourth-order valence-corrected chi connectivity index (χ4v) is 7.10. The average molecular weight is 648 g/mol. The van der Waals surface area contributed by atoms with Crippen molar-refractivity contribution in [3.05, 3.63) is 47.5 Å². The quantitative estimate of drug-likeness (QED) is 0.302. The first-order valence-corrected chi connectivity index (χ1v) is 17.0. The van der Waals surface area contributed by atoms with Crippen LogP contribution in [-0.4, -0.2) is 134 Å². The second-order valence-corrected chi connectivity index (χ2v) is 13.8. The van der Waals surface area contributed by atoms with Gasteiger partial charge in [0.25, 0.3) is 0 Å². The summed E-state index contributed by atoms with van der Waals surface area (Å²) >= 11 is 0. The van der Waals surface area contributed by atoms with Crippen molar-refractivity contribution < 1.29 is 24.9 Å². The van der Waals surface area contributed by atoms with Gasteiger partial charge in [-0.3, -0.25) is 9.69 Å². The molecule has 6 rings (SSSR count). The number of rotatable bonds is 10. The van der Waals surface area contributed by atoms with Crippen molar-refractivity contribution in [1.82, 2.24) is 34.4 Å². The molecule has 0 aliphatic carbocycles. The molecule has 1 amide bonds. The first-order chi connectivity index (χ1) is 22.6. The molecule has 1 aromatic heterocycles. The second-order valence-electron chi connectivity index (χ2n) is 13.8. The van der Waals surface area contributed by atoms with Crippen LogP contribution in [0.15, 0.2) is 36.4 Å². The van der Waals surface area contributed by atoms with E-state index in [1.807, 2.05) is 43.0 Å². The highest BCUT2D eigenvalue weighted by Gasteiger charge is 2.28. The Hall–Kier alpha value is -3.71. The first kappa shape index (κ1) is 33.2. The predicted molar refractivity (Wildman–Crippen MR) is 179 cm³/mol. The van der Waals surface area contributed by atoms with Crippen molar-refractivity contribution in [2.45, 2.75) is 51.7 Å². The molecule has 0 bridgehead atoms. The zero-order chi connectivity index (χ0) is 33.1. The van der Waals surface area contributed by atoms with Gasteiger partial charge in [-0.25, -0.2) is 4.57 Å². The van der Waals surface area contributed by atoms with Crippen molar-refractivity contribution in [1.29, 1.82) is 0 Å². The molecular weight excluding hydrogens is 598 g/mol. The number of aromatic hydroxyl groups is 3. The minimum Gasteiger partial charge on any atom is -0.508 e. The summed E-state index contributed by atoms with van der Waals surface area (Å²) in [6.07, 6.45) is 3.31. The monoisotopic (exact) mass is 647 g/mol. The molecule has 2 aromatic carbocycles. The number of ether oxygens (including phenoxy) is 1. The van der Waals surface area contributed by atoms with E-state index in [1.54, 1.807) is 6.07 Å². The standard InChI is InChI=1S/C35H49N7O5/c1-24(2)29-18-30(32(44)19-31(29)43)34-36-37-35(46)42(34)27-6-4-25(5-7-27)20-39-14-16-40(17-15-39)21-26-8-12-41(13-9-26)33(45)23-47-28-10-11-38(3)22-28/h4-7,18-19,24,26,28,43-44H,8-17,20-23H2,1-3H3,(H,37,46). The van der Waals surface area contributed by atoms with Crippen LogP contribution in [0.2, 0.25) is 0 Å². The number of carbonyl (C=O) groups is 1. The Bertz CT molecular complexity index is 1510. The zero-order valence-electron chi connectivity index (χ0n) is 27.9. The smallest absolute Gasteiger partial charge is 0.319 e. The number of phenols is 2. The van der Waals surface area contributed by atoms with E-state index in [0.717, 1.165) is 84.7 Å². The number of amides is 1. The largest absolute Gasteiger partial charge is 0.508 e. The number of likely N-dealkylation sites (tertiary alicyclic amines) is 2. The van der Waals surface area contributed by atoms with Gasteiger partial charge in [-0.2, -0.15) is 0 Å². The minimum atomic E-state index is -0.277. The molecule has 0 saturated carbocycles. The Morgan fingerprint density at radius 1 is 0.894 bits per heavy atom. The van der Waals surface area contributed by atoms with Gasteiger partial charge >= 0.3 is 6.01 Å². The average Bonchev–Trinajstić information content (AvgIpc) is 3.66. The van der Waals surface area contributed by atoms with E-state index < -0.39 is 0 Å². The maximum atomic E-state index is 12.7. The van der Waals surface area contributed by atoms with Gasteiger partial charge in [0, 0.05) is 71.5 Å². The lowest BCUT2D eigenvalue weighted by Gasteiger charge is -2.39. The van der Waals surface area contributed by atoms with Crippen molar-refractivity contribution in [2.24, 2.45) is 5.92 Å². The van der Waals surface area contributed by atoms with Crippen molar-refractivity contribution in [2.75, 3.05) is 72.6 Å². The fraction of sp³-hybridized carbons (Fsp3) is 0.571. The fourth-order valence-electron chi connectivity index (χ4n) is 7.10. The van der Waals surface area contributed by atoms with E-state index in [2.05, 4.69) is 31.9 Å². The third-order valence-corrected chi connectivity index (χ3v) is 9.99. The summed E-state index contributed by atoms with van der Waals surface area (Å²) in [4.78, 5) is 22.0. The molecule has 12 heteroatoms. The summed E-state index contributed by atoms with van der Waals surface area (Å²) in [5, 5.41) is 39.4. The maximum absolute atomic E-state index is 12.7. The minimum absolute atomic E-state index is 0.0181. The molecule has 3 aliphatic rings. The Labute approximate surface area is 277 Å². The second kappa shape index (κ2) is 14.6. The van der Waals surface area contributed by atoms with Gasteiger partial charge in [0.15, 0.2) is 5.82 Å². The van der Waals surface area contributed by atoms with Crippen LogP contribution in [0.5, 0.6) is 17.5 Å². The van der Waals surface area contributed by atoms with Gasteiger partial charge in [-0.1, -0.05) is 31.1 Å². The van der Waals surface area contributed by atoms with Crippen LogP contribution in [0.3, 0.4) is 0 Å². The molecule has 254 valence electrons. The number of benzene rings is 2. The summed E-state index contributed by atoms with van der Waals surface area (Å²) in [7, 11) is 2.09. The number of hydrogen-bond donors (Lipinski definition) is 3. The van der Waals surface area contributed by atoms with E-state index in [4.69, 9.17) is 4.74 Å². The highest BCUT2D eigenvalue weighted by atomic mass is 16.5. The van der Waals surface area contributed by atoms with Gasteiger partial charge in [0.1, 0.15) is 18.1 Å². The van der Waals surface area contributed by atoms with Crippen LogP contribution >= 0.6 is 0 Å². The van der Waals surface area contributed by atoms with E-state index in [-0.39, 0.29) is 42.0 Å². The molecule has 0 radical (unpaired) electrons. The molecule has 3 N–H and O–H groups in total. The van der Waals surface area contributed by atoms with Crippen molar-refractivity contribution >= 4 is 5.91 Å². The molecule has 12 nitrogen and oxygen atoms in total. The molecule has 0 spiro atoms. The number of piperazine rings is 1. The lowest BCUT2D eigenvalue weighted by atomic mass is 9.96. The Balaban J connectivity index is 0.966. The normalized spacial score (nSPS) is 20.4. The number of aromatic nitrogens is 3. The highest BCUT2D eigenvalue weighted by molar-refractivity contribution is 5.77. The highest BCUT2D eigenvalue weighted by Crippen LogP contribution is 2.38. The number of likely N-dealkylation sites (N-methyl/N-ethyl adjacent to an activating group) is 1. The lowest BCUT2D eigenvalue weighted by Crippen LogP contribution is -2.49. The van der Waals surface area contributed by atoms with Gasteiger partial charge in [0.2, 0.25) is 5.91 Å². The lowest BCUT2D eigenvalue weighted by molar-refractivity contribution is -0.139. The SMILES string of the molecule is CC(C)c1cc(-c2nnc(O)n2-c2ccc(CN3CCN(CC4CCN(C(=O)COC5CCN(C)C5)CC4)CC3)cc2)c(O)cc1O. The van der Waals surface area contributed by atoms with Gasteiger partial charge in [0.05, 0.1) is 17.4 Å². The third-order valence-electron chi connectivity index (χ3n) is 9.99. The van der Waals surface area contributed by atoms with E-state index in [1.165, 1.54) is 16.2 Å². The van der Waals surface area contributed by atoms with Crippen LogP contribution in [0.4, 0.5) is 0 Å². The Morgan fingerprint density at radius 3 is 2.26 bits per heavy atom. The topological polar surface area (TPSA) is 131 Å².